The van der Waals surface area contributed by atoms with Crippen molar-refractivity contribution in [3.05, 3.63) is 22.4 Å². The molecule has 4 nitrogen and oxygen atoms in total. The normalized spacial score (nSPS) is 21.1. The smallest absolute Gasteiger partial charge is 0.193 e. The Labute approximate surface area is 139 Å². The molecule has 1 aromatic heterocycles. The van der Waals surface area contributed by atoms with Gasteiger partial charge in [0.15, 0.2) is 5.96 Å². The maximum Gasteiger partial charge on any atom is 0.193 e. The molecule has 1 saturated heterocycles. The Morgan fingerprint density at radius 3 is 3.05 bits per heavy atom. The molecular weight excluding hydrogens is 292 g/mol. The largest absolute Gasteiger partial charge is 0.356 e. The molecule has 0 aliphatic carbocycles. The van der Waals surface area contributed by atoms with E-state index in [0.717, 1.165) is 25.6 Å². The summed E-state index contributed by atoms with van der Waals surface area (Å²) in [4.78, 5) is 10.7. The van der Waals surface area contributed by atoms with E-state index in [2.05, 4.69) is 58.5 Å². The van der Waals surface area contributed by atoms with E-state index in [0.29, 0.717) is 12.0 Å². The Hall–Kier alpha value is -1.07. The van der Waals surface area contributed by atoms with Gasteiger partial charge in [0.1, 0.15) is 0 Å². The van der Waals surface area contributed by atoms with Gasteiger partial charge in [-0.3, -0.25) is 9.89 Å². The first-order valence-corrected chi connectivity index (χ1v) is 9.22. The van der Waals surface area contributed by atoms with Crippen LogP contribution in [-0.2, 0) is 0 Å². The van der Waals surface area contributed by atoms with Crippen molar-refractivity contribution in [2.45, 2.75) is 38.6 Å². The fourth-order valence-corrected chi connectivity index (χ4v) is 4.01. The van der Waals surface area contributed by atoms with Gasteiger partial charge < -0.3 is 10.2 Å². The van der Waals surface area contributed by atoms with Crippen LogP contribution in [-0.4, -0.2) is 62.1 Å². The summed E-state index contributed by atoms with van der Waals surface area (Å²) in [7, 11) is 4.03. The minimum Gasteiger partial charge on any atom is -0.356 e. The molecule has 1 aromatic rings. The Kier molecular flexibility index (Phi) is 6.70. The van der Waals surface area contributed by atoms with E-state index in [-0.39, 0.29) is 0 Å². The van der Waals surface area contributed by atoms with Crippen LogP contribution in [0.25, 0.3) is 0 Å². The number of likely N-dealkylation sites (N-methyl/N-ethyl adjacent to an activating group) is 2. The number of nitrogens with one attached hydrogen (secondary N) is 1. The Bertz CT molecular complexity index is 457. The maximum absolute atomic E-state index is 4.45. The van der Waals surface area contributed by atoms with Crippen LogP contribution >= 0.6 is 11.3 Å². The maximum atomic E-state index is 4.45. The highest BCUT2D eigenvalue weighted by molar-refractivity contribution is 7.10. The molecule has 124 valence electrons. The van der Waals surface area contributed by atoms with Crippen molar-refractivity contribution in [3.63, 3.8) is 0 Å². The van der Waals surface area contributed by atoms with Gasteiger partial charge in [0, 0.05) is 44.0 Å². The molecular formula is C17H30N4S. The van der Waals surface area contributed by atoms with Gasteiger partial charge in [-0.2, -0.15) is 0 Å². The zero-order valence-corrected chi connectivity index (χ0v) is 15.2. The first-order valence-electron chi connectivity index (χ1n) is 8.35. The molecule has 2 unspecified atom stereocenters. The standard InChI is InChI=1S/C17H30N4S/c1-5-21-10-6-8-15(21)13-20(4)17(18-3)19-12-14(2)16-9-7-11-22-16/h7,9,11,14-15H,5-6,8,10,12-13H2,1-4H3,(H,18,19). The van der Waals surface area contributed by atoms with E-state index in [1.54, 1.807) is 0 Å². The van der Waals surface area contributed by atoms with Crippen LogP contribution in [0.3, 0.4) is 0 Å². The number of rotatable bonds is 6. The molecule has 5 heteroatoms. The summed E-state index contributed by atoms with van der Waals surface area (Å²) in [5.74, 6) is 1.52. The summed E-state index contributed by atoms with van der Waals surface area (Å²) >= 11 is 1.83. The number of guanidine groups is 1. The average Bonchev–Trinajstić information content (AvgIpc) is 3.18. The van der Waals surface area contributed by atoms with Crippen molar-refractivity contribution < 1.29 is 0 Å². The lowest BCUT2D eigenvalue weighted by Crippen LogP contribution is -2.46. The molecule has 1 N–H and O–H groups in total. The minimum absolute atomic E-state index is 0.517. The zero-order valence-electron chi connectivity index (χ0n) is 14.4. The molecule has 1 aliphatic heterocycles. The lowest BCUT2D eigenvalue weighted by atomic mass is 10.1. The number of thiophene rings is 1. The van der Waals surface area contributed by atoms with Crippen LogP contribution in [0.1, 0.15) is 37.5 Å². The number of nitrogens with zero attached hydrogens (tertiary/aromatic N) is 3. The summed E-state index contributed by atoms with van der Waals surface area (Å²) in [6, 6.07) is 5.00. The van der Waals surface area contributed by atoms with E-state index in [1.165, 1.54) is 24.3 Å². The molecule has 2 heterocycles. The molecule has 0 amide bonds. The fraction of sp³-hybridized carbons (Fsp3) is 0.706. The second-order valence-electron chi connectivity index (χ2n) is 6.15. The summed E-state index contributed by atoms with van der Waals surface area (Å²) < 4.78 is 0. The van der Waals surface area contributed by atoms with E-state index in [4.69, 9.17) is 0 Å². The third kappa shape index (κ3) is 4.46. The minimum atomic E-state index is 0.517. The molecule has 0 bridgehead atoms. The fourth-order valence-electron chi connectivity index (χ4n) is 3.22. The third-order valence-corrected chi connectivity index (χ3v) is 5.66. The van der Waals surface area contributed by atoms with Crippen LogP contribution in [0.4, 0.5) is 0 Å². The molecule has 0 saturated carbocycles. The molecule has 2 atom stereocenters. The number of aliphatic imine (C=N–C) groups is 1. The summed E-state index contributed by atoms with van der Waals surface area (Å²) in [5, 5.41) is 5.67. The first kappa shape index (κ1) is 17.3. The number of hydrogen-bond acceptors (Lipinski definition) is 3. The van der Waals surface area contributed by atoms with Crippen molar-refractivity contribution in [1.82, 2.24) is 15.1 Å². The Morgan fingerprint density at radius 1 is 1.59 bits per heavy atom. The highest BCUT2D eigenvalue weighted by Crippen LogP contribution is 2.20. The molecule has 0 aromatic carbocycles. The topological polar surface area (TPSA) is 30.9 Å². The quantitative estimate of drug-likeness (QED) is 0.645. The summed E-state index contributed by atoms with van der Waals surface area (Å²) in [6.07, 6.45) is 2.63. The van der Waals surface area contributed by atoms with Crippen molar-refractivity contribution >= 4 is 17.3 Å². The van der Waals surface area contributed by atoms with Gasteiger partial charge in [-0.1, -0.05) is 19.9 Å². The van der Waals surface area contributed by atoms with Gasteiger partial charge in [0.25, 0.3) is 0 Å². The molecule has 1 fully saturated rings. The van der Waals surface area contributed by atoms with E-state index >= 15 is 0 Å². The summed E-state index contributed by atoms with van der Waals surface area (Å²) in [6.45, 7) is 8.91. The molecule has 1 aliphatic rings. The summed E-state index contributed by atoms with van der Waals surface area (Å²) in [5.41, 5.74) is 0. The van der Waals surface area contributed by atoms with Crippen LogP contribution in [0, 0.1) is 0 Å². The van der Waals surface area contributed by atoms with Crippen molar-refractivity contribution in [2.24, 2.45) is 4.99 Å². The molecule has 2 rings (SSSR count). The van der Waals surface area contributed by atoms with Gasteiger partial charge in [-0.05, 0) is 37.4 Å². The molecule has 0 spiro atoms. The molecule has 22 heavy (non-hydrogen) atoms. The van der Waals surface area contributed by atoms with Gasteiger partial charge in [-0.25, -0.2) is 0 Å². The number of likely N-dealkylation sites (tertiary alicyclic amines) is 1. The van der Waals surface area contributed by atoms with Gasteiger partial charge in [-0.15, -0.1) is 11.3 Å². The molecule has 0 radical (unpaired) electrons. The van der Waals surface area contributed by atoms with Gasteiger partial charge in [0.05, 0.1) is 0 Å². The lowest BCUT2D eigenvalue weighted by Gasteiger charge is -2.30. The SMILES string of the molecule is CCN1CCCC1CN(C)C(=NC)NCC(C)c1cccs1. The second kappa shape index (κ2) is 8.53. The first-order chi connectivity index (χ1) is 10.7. The van der Waals surface area contributed by atoms with Crippen molar-refractivity contribution in [3.8, 4) is 0 Å². The predicted molar refractivity (Wildman–Crippen MR) is 97.0 cm³/mol. The Morgan fingerprint density at radius 2 is 2.41 bits per heavy atom. The van der Waals surface area contributed by atoms with Crippen LogP contribution in [0.15, 0.2) is 22.5 Å². The van der Waals surface area contributed by atoms with E-state index < -0.39 is 0 Å². The predicted octanol–water partition coefficient (Wildman–Crippen LogP) is 2.84. The zero-order chi connectivity index (χ0) is 15.9. The van der Waals surface area contributed by atoms with E-state index in [9.17, 15) is 0 Å². The highest BCUT2D eigenvalue weighted by atomic mass is 32.1. The van der Waals surface area contributed by atoms with Crippen molar-refractivity contribution in [1.29, 1.82) is 0 Å². The lowest BCUT2D eigenvalue weighted by molar-refractivity contribution is 0.232. The van der Waals surface area contributed by atoms with Crippen molar-refractivity contribution in [2.75, 3.05) is 40.3 Å². The average molecular weight is 323 g/mol. The number of hydrogen-bond donors (Lipinski definition) is 1. The third-order valence-electron chi connectivity index (χ3n) is 4.56. The van der Waals surface area contributed by atoms with E-state index in [1.807, 2.05) is 18.4 Å². The monoisotopic (exact) mass is 322 g/mol. The van der Waals surface area contributed by atoms with Crippen LogP contribution < -0.4 is 5.32 Å². The Balaban J connectivity index is 1.83. The highest BCUT2D eigenvalue weighted by Gasteiger charge is 2.25. The van der Waals surface area contributed by atoms with Crippen LogP contribution in [0.5, 0.6) is 0 Å². The second-order valence-corrected chi connectivity index (χ2v) is 7.13. The van der Waals surface area contributed by atoms with Gasteiger partial charge >= 0.3 is 0 Å². The van der Waals surface area contributed by atoms with Gasteiger partial charge in [0.2, 0.25) is 0 Å². The van der Waals surface area contributed by atoms with Crippen LogP contribution in [0.2, 0.25) is 0 Å².